The van der Waals surface area contributed by atoms with Gasteiger partial charge >= 0.3 is 0 Å². The van der Waals surface area contributed by atoms with Gasteiger partial charge in [-0.05, 0) is 24.6 Å². The summed E-state index contributed by atoms with van der Waals surface area (Å²) in [6, 6.07) is 5.89. The molecule has 0 radical (unpaired) electrons. The van der Waals surface area contributed by atoms with Gasteiger partial charge in [0.05, 0.1) is 17.3 Å². The van der Waals surface area contributed by atoms with Crippen molar-refractivity contribution in [1.29, 1.82) is 0 Å². The zero-order valence-corrected chi connectivity index (χ0v) is 8.84. The fraction of sp³-hybridized carbons (Fsp3) is 0.364. The molecule has 0 atom stereocenters. The van der Waals surface area contributed by atoms with Crippen LogP contribution in [-0.2, 0) is 4.79 Å². The Balaban J connectivity index is 2.31. The van der Waals surface area contributed by atoms with Crippen LogP contribution in [0, 0.1) is 6.92 Å². The minimum atomic E-state index is 0.294. The van der Waals surface area contributed by atoms with Crippen molar-refractivity contribution in [2.45, 2.75) is 13.3 Å². The fourth-order valence-electron chi connectivity index (χ4n) is 1.70. The van der Waals surface area contributed by atoms with Gasteiger partial charge in [-0.1, -0.05) is 17.7 Å². The molecule has 1 fully saturated rings. The smallest absolute Gasteiger partial charge is 0.153 e. The van der Waals surface area contributed by atoms with Gasteiger partial charge in [0.15, 0.2) is 5.78 Å². The van der Waals surface area contributed by atoms with Crippen molar-refractivity contribution in [3.05, 3.63) is 28.8 Å². The SMILES string of the molecule is Cc1ccc(Cl)c(N2CCC(=O)C2)c1. The Hall–Kier alpha value is -1.02. The Kier molecular flexibility index (Phi) is 2.46. The third-order valence-corrected chi connectivity index (χ3v) is 2.79. The Bertz CT molecular complexity index is 376. The Morgan fingerprint density at radius 3 is 2.86 bits per heavy atom. The lowest BCUT2D eigenvalue weighted by Crippen LogP contribution is -2.19. The van der Waals surface area contributed by atoms with Gasteiger partial charge in [-0.2, -0.15) is 0 Å². The highest BCUT2D eigenvalue weighted by molar-refractivity contribution is 6.33. The van der Waals surface area contributed by atoms with E-state index in [0.29, 0.717) is 18.7 Å². The predicted molar refractivity (Wildman–Crippen MR) is 58.0 cm³/mol. The molecule has 0 N–H and O–H groups in total. The molecule has 0 spiro atoms. The van der Waals surface area contributed by atoms with E-state index >= 15 is 0 Å². The number of hydrogen-bond donors (Lipinski definition) is 0. The summed E-state index contributed by atoms with van der Waals surface area (Å²) in [7, 11) is 0. The van der Waals surface area contributed by atoms with Gasteiger partial charge < -0.3 is 4.90 Å². The molecular weight excluding hydrogens is 198 g/mol. The first-order valence-corrected chi connectivity index (χ1v) is 5.07. The van der Waals surface area contributed by atoms with E-state index in [-0.39, 0.29) is 0 Å². The van der Waals surface area contributed by atoms with Crippen molar-refractivity contribution in [3.63, 3.8) is 0 Å². The van der Waals surface area contributed by atoms with Crippen LogP contribution in [-0.4, -0.2) is 18.9 Å². The average molecular weight is 210 g/mol. The van der Waals surface area contributed by atoms with Crippen molar-refractivity contribution < 1.29 is 4.79 Å². The van der Waals surface area contributed by atoms with Crippen molar-refractivity contribution in [1.82, 2.24) is 0 Å². The summed E-state index contributed by atoms with van der Waals surface area (Å²) in [5.74, 6) is 0.294. The number of aryl methyl sites for hydroxylation is 1. The maximum absolute atomic E-state index is 11.1. The minimum absolute atomic E-state index is 0.294. The van der Waals surface area contributed by atoms with E-state index < -0.39 is 0 Å². The quantitative estimate of drug-likeness (QED) is 0.708. The summed E-state index contributed by atoms with van der Waals surface area (Å²) in [5.41, 5.74) is 2.15. The largest absolute Gasteiger partial charge is 0.363 e. The highest BCUT2D eigenvalue weighted by atomic mass is 35.5. The first-order valence-electron chi connectivity index (χ1n) is 4.69. The fourth-order valence-corrected chi connectivity index (χ4v) is 1.94. The van der Waals surface area contributed by atoms with Crippen LogP contribution < -0.4 is 4.90 Å². The summed E-state index contributed by atoms with van der Waals surface area (Å²) in [6.07, 6.45) is 0.643. The summed E-state index contributed by atoms with van der Waals surface area (Å²) in [4.78, 5) is 13.2. The van der Waals surface area contributed by atoms with Gasteiger partial charge in [-0.15, -0.1) is 0 Å². The molecule has 74 valence electrons. The van der Waals surface area contributed by atoms with Gasteiger partial charge in [0.25, 0.3) is 0 Å². The van der Waals surface area contributed by atoms with Crippen LogP contribution in [0.2, 0.25) is 5.02 Å². The van der Waals surface area contributed by atoms with E-state index in [9.17, 15) is 4.79 Å². The summed E-state index contributed by atoms with van der Waals surface area (Å²) < 4.78 is 0. The summed E-state index contributed by atoms with van der Waals surface area (Å²) in [6.45, 7) is 3.32. The number of Topliss-reactive ketones (excluding diaryl/α,β-unsaturated/α-hetero) is 1. The molecule has 0 unspecified atom stereocenters. The summed E-state index contributed by atoms with van der Waals surface area (Å²) in [5, 5.41) is 0.727. The first-order chi connectivity index (χ1) is 6.66. The number of halogens is 1. The van der Waals surface area contributed by atoms with E-state index in [1.165, 1.54) is 5.56 Å². The Morgan fingerprint density at radius 1 is 1.43 bits per heavy atom. The van der Waals surface area contributed by atoms with Crippen molar-refractivity contribution in [3.8, 4) is 0 Å². The van der Waals surface area contributed by atoms with Crippen LogP contribution >= 0.6 is 11.6 Å². The third kappa shape index (κ3) is 1.75. The molecule has 1 heterocycles. The van der Waals surface area contributed by atoms with E-state index in [4.69, 9.17) is 11.6 Å². The molecule has 0 amide bonds. The number of ketones is 1. The molecule has 0 saturated carbocycles. The van der Waals surface area contributed by atoms with Crippen LogP contribution in [0.25, 0.3) is 0 Å². The lowest BCUT2D eigenvalue weighted by atomic mass is 10.2. The molecule has 1 saturated heterocycles. The highest BCUT2D eigenvalue weighted by Gasteiger charge is 2.21. The predicted octanol–water partition coefficient (Wildman–Crippen LogP) is 2.43. The lowest BCUT2D eigenvalue weighted by Gasteiger charge is -2.18. The van der Waals surface area contributed by atoms with Gasteiger partial charge in [-0.3, -0.25) is 4.79 Å². The van der Waals surface area contributed by atoms with Crippen LogP contribution in [0.1, 0.15) is 12.0 Å². The highest BCUT2D eigenvalue weighted by Crippen LogP contribution is 2.28. The molecule has 0 bridgehead atoms. The van der Waals surface area contributed by atoms with E-state index in [1.54, 1.807) is 0 Å². The molecule has 2 rings (SSSR count). The molecule has 1 aliphatic rings. The van der Waals surface area contributed by atoms with Crippen LogP contribution in [0.15, 0.2) is 18.2 Å². The summed E-state index contributed by atoms with van der Waals surface area (Å²) >= 11 is 6.07. The number of carbonyl (C=O) groups excluding carboxylic acids is 1. The average Bonchev–Trinajstić information content (AvgIpc) is 2.56. The zero-order chi connectivity index (χ0) is 10.1. The second-order valence-electron chi connectivity index (χ2n) is 3.67. The van der Waals surface area contributed by atoms with Crippen molar-refractivity contribution >= 4 is 23.1 Å². The first kappa shape index (κ1) is 9.53. The van der Waals surface area contributed by atoms with Gasteiger partial charge in [-0.25, -0.2) is 0 Å². The van der Waals surface area contributed by atoms with Gasteiger partial charge in [0.2, 0.25) is 0 Å². The van der Waals surface area contributed by atoms with Crippen LogP contribution in [0.3, 0.4) is 0 Å². The minimum Gasteiger partial charge on any atom is -0.363 e. The number of carbonyl (C=O) groups is 1. The van der Waals surface area contributed by atoms with Crippen LogP contribution in [0.4, 0.5) is 5.69 Å². The Morgan fingerprint density at radius 2 is 2.21 bits per heavy atom. The molecule has 3 heteroatoms. The monoisotopic (exact) mass is 209 g/mol. The standard InChI is InChI=1S/C11H12ClNO/c1-8-2-3-10(12)11(6-8)13-5-4-9(14)7-13/h2-3,6H,4-5,7H2,1H3. The molecule has 0 aromatic heterocycles. The normalized spacial score (nSPS) is 16.4. The molecular formula is C11H12ClNO. The molecule has 1 aromatic rings. The van der Waals surface area contributed by atoms with Gasteiger partial charge in [0.1, 0.15) is 0 Å². The maximum Gasteiger partial charge on any atom is 0.153 e. The number of benzene rings is 1. The van der Waals surface area contributed by atoms with E-state index in [1.807, 2.05) is 30.0 Å². The van der Waals surface area contributed by atoms with Crippen molar-refractivity contribution in [2.24, 2.45) is 0 Å². The molecule has 0 aliphatic carbocycles. The number of anilines is 1. The number of nitrogens with zero attached hydrogens (tertiary/aromatic N) is 1. The second-order valence-corrected chi connectivity index (χ2v) is 4.07. The maximum atomic E-state index is 11.1. The zero-order valence-electron chi connectivity index (χ0n) is 8.09. The topological polar surface area (TPSA) is 20.3 Å². The van der Waals surface area contributed by atoms with E-state index in [2.05, 4.69) is 0 Å². The van der Waals surface area contributed by atoms with Crippen molar-refractivity contribution in [2.75, 3.05) is 18.0 Å². The van der Waals surface area contributed by atoms with E-state index in [0.717, 1.165) is 17.3 Å². The molecule has 14 heavy (non-hydrogen) atoms. The lowest BCUT2D eigenvalue weighted by molar-refractivity contribution is -0.116. The third-order valence-electron chi connectivity index (χ3n) is 2.47. The number of rotatable bonds is 1. The molecule has 1 aromatic carbocycles. The van der Waals surface area contributed by atoms with Gasteiger partial charge in [0, 0.05) is 13.0 Å². The Labute approximate surface area is 88.5 Å². The molecule has 2 nitrogen and oxygen atoms in total. The second kappa shape index (κ2) is 3.62. The molecule has 1 aliphatic heterocycles. The number of hydrogen-bond acceptors (Lipinski definition) is 2. The van der Waals surface area contributed by atoms with Crippen LogP contribution in [0.5, 0.6) is 0 Å².